The Morgan fingerprint density at radius 2 is 1.43 bits per heavy atom. The molecule has 1 rings (SSSR count). The molecule has 1 aliphatic heterocycles. The zero-order valence-electron chi connectivity index (χ0n) is 19.5. The molecule has 1 fully saturated rings. The number of carbonyl (C=O) groups excluding carboxylic acids is 1. The molecule has 0 spiro atoms. The van der Waals surface area contributed by atoms with Crippen LogP contribution < -0.4 is 5.32 Å². The highest BCUT2D eigenvalue weighted by Crippen LogP contribution is 2.22. The van der Waals surface area contributed by atoms with Crippen molar-refractivity contribution in [1.82, 2.24) is 10.2 Å². The summed E-state index contributed by atoms with van der Waals surface area (Å²) in [7, 11) is 0. The Hall–Kier alpha value is -0.770. The van der Waals surface area contributed by atoms with E-state index in [4.69, 9.17) is 4.74 Å². The summed E-state index contributed by atoms with van der Waals surface area (Å²) in [6, 6.07) is 0.998. The molecule has 1 saturated heterocycles. The molecule has 0 aromatic heterocycles. The smallest absolute Gasteiger partial charge is 0.407 e. The van der Waals surface area contributed by atoms with Crippen molar-refractivity contribution in [3.63, 3.8) is 0 Å². The van der Waals surface area contributed by atoms with Crippen molar-refractivity contribution in [2.75, 3.05) is 13.1 Å². The van der Waals surface area contributed by atoms with Crippen LogP contribution in [0.3, 0.4) is 0 Å². The number of amides is 1. The van der Waals surface area contributed by atoms with Crippen LogP contribution in [0, 0.1) is 0 Å². The zero-order valence-corrected chi connectivity index (χ0v) is 19.5. The van der Waals surface area contributed by atoms with Crippen molar-refractivity contribution in [3.05, 3.63) is 0 Å². The van der Waals surface area contributed by atoms with Gasteiger partial charge in [0, 0.05) is 25.2 Å². The third-order valence-corrected chi connectivity index (χ3v) is 5.80. The van der Waals surface area contributed by atoms with E-state index >= 15 is 0 Å². The summed E-state index contributed by atoms with van der Waals surface area (Å²) in [6.45, 7) is 12.5. The maximum atomic E-state index is 12.0. The van der Waals surface area contributed by atoms with Gasteiger partial charge in [0.25, 0.3) is 0 Å². The molecule has 4 heteroatoms. The number of hydrogen-bond acceptors (Lipinski definition) is 3. The average Bonchev–Trinajstić information content (AvgIpc) is 2.62. The summed E-state index contributed by atoms with van der Waals surface area (Å²) in [4.78, 5) is 14.7. The van der Waals surface area contributed by atoms with Crippen LogP contribution in [0.5, 0.6) is 0 Å². The van der Waals surface area contributed by atoms with Gasteiger partial charge in [-0.15, -0.1) is 0 Å². The fourth-order valence-electron chi connectivity index (χ4n) is 4.18. The lowest BCUT2D eigenvalue weighted by atomic mass is 9.96. The van der Waals surface area contributed by atoms with Crippen molar-refractivity contribution in [2.45, 2.75) is 136 Å². The van der Waals surface area contributed by atoms with E-state index in [-0.39, 0.29) is 12.1 Å². The summed E-state index contributed by atoms with van der Waals surface area (Å²) >= 11 is 0. The van der Waals surface area contributed by atoms with Crippen LogP contribution >= 0.6 is 0 Å². The molecule has 1 N–H and O–H groups in total. The molecule has 4 nitrogen and oxygen atoms in total. The molecule has 0 radical (unpaired) electrons. The minimum Gasteiger partial charge on any atom is -0.444 e. The molecule has 1 atom stereocenters. The number of unbranched alkanes of at least 4 members (excludes halogenated alkanes) is 7. The first-order valence-electron chi connectivity index (χ1n) is 12.1. The van der Waals surface area contributed by atoms with Gasteiger partial charge < -0.3 is 15.0 Å². The molecule has 0 aromatic rings. The Morgan fingerprint density at radius 1 is 0.929 bits per heavy atom. The fraction of sp³-hybridized carbons (Fsp3) is 0.958. The molecule has 0 bridgehead atoms. The van der Waals surface area contributed by atoms with E-state index in [9.17, 15) is 4.79 Å². The topological polar surface area (TPSA) is 41.6 Å². The molecule has 166 valence electrons. The highest BCUT2D eigenvalue weighted by Gasteiger charge is 2.26. The molecule has 1 aliphatic rings. The van der Waals surface area contributed by atoms with Gasteiger partial charge in [-0.1, -0.05) is 71.6 Å². The van der Waals surface area contributed by atoms with E-state index in [0.29, 0.717) is 0 Å². The number of alkyl carbamates (subject to hydrolysis) is 1. The second-order valence-corrected chi connectivity index (χ2v) is 9.66. The third-order valence-electron chi connectivity index (χ3n) is 5.80. The van der Waals surface area contributed by atoms with E-state index < -0.39 is 5.60 Å². The minimum absolute atomic E-state index is 0.261. The number of hydrogen-bond donors (Lipinski definition) is 1. The van der Waals surface area contributed by atoms with Crippen LogP contribution in [0.15, 0.2) is 0 Å². The Morgan fingerprint density at radius 3 is 1.93 bits per heavy atom. The van der Waals surface area contributed by atoms with Gasteiger partial charge in [-0.25, -0.2) is 4.79 Å². The van der Waals surface area contributed by atoms with Crippen LogP contribution in [0.25, 0.3) is 0 Å². The Kier molecular flexibility index (Phi) is 12.9. The van der Waals surface area contributed by atoms with Gasteiger partial charge in [-0.3, -0.25) is 0 Å². The van der Waals surface area contributed by atoms with Crippen LogP contribution in [0.1, 0.15) is 118 Å². The molecular formula is C24H48N2O2. The molecule has 0 saturated carbocycles. The van der Waals surface area contributed by atoms with E-state index in [1.54, 1.807) is 0 Å². The maximum absolute atomic E-state index is 12.0. The lowest BCUT2D eigenvalue weighted by Gasteiger charge is -2.38. The van der Waals surface area contributed by atoms with E-state index in [2.05, 4.69) is 24.1 Å². The first-order valence-corrected chi connectivity index (χ1v) is 12.1. The van der Waals surface area contributed by atoms with E-state index in [1.165, 1.54) is 70.6 Å². The highest BCUT2D eigenvalue weighted by molar-refractivity contribution is 5.68. The molecule has 0 aromatic carbocycles. The summed E-state index contributed by atoms with van der Waals surface area (Å²) in [6.07, 6.45) is 16.8. The minimum atomic E-state index is -0.424. The number of likely N-dealkylation sites (tertiary alicyclic amines) is 1. The van der Waals surface area contributed by atoms with Crippen LogP contribution in [0.4, 0.5) is 4.79 Å². The van der Waals surface area contributed by atoms with Gasteiger partial charge in [-0.2, -0.15) is 0 Å². The second-order valence-electron chi connectivity index (χ2n) is 9.66. The second kappa shape index (κ2) is 14.3. The lowest BCUT2D eigenvalue weighted by molar-refractivity contribution is 0.0463. The molecule has 1 amide bonds. The summed E-state index contributed by atoms with van der Waals surface area (Å²) in [5.41, 5.74) is -0.424. The predicted octanol–water partition coefficient (Wildman–Crippen LogP) is 6.68. The van der Waals surface area contributed by atoms with Gasteiger partial charge in [0.2, 0.25) is 0 Å². The number of piperidine rings is 1. The Balaban J connectivity index is 2.39. The molecule has 1 unspecified atom stereocenters. The number of nitrogens with zero attached hydrogens (tertiary/aromatic N) is 1. The summed E-state index contributed by atoms with van der Waals surface area (Å²) in [5, 5.41) is 3.07. The standard InChI is InChI=1S/C24H48N2O2/c1-6-8-10-12-14-16-22(15-13-11-9-7-2)26-19-17-21(18-20-26)25-23(27)28-24(3,4)5/h21-22H,6-20H2,1-5H3,(H,25,27). The van der Waals surface area contributed by atoms with Crippen LogP contribution in [-0.2, 0) is 4.74 Å². The van der Waals surface area contributed by atoms with Gasteiger partial charge in [0.1, 0.15) is 5.60 Å². The Bertz CT molecular complexity index is 398. The van der Waals surface area contributed by atoms with Gasteiger partial charge in [0.15, 0.2) is 0 Å². The normalized spacial score (nSPS) is 17.5. The van der Waals surface area contributed by atoms with E-state index in [1.807, 2.05) is 20.8 Å². The van der Waals surface area contributed by atoms with Crippen molar-refractivity contribution >= 4 is 6.09 Å². The van der Waals surface area contributed by atoms with Gasteiger partial charge in [0.05, 0.1) is 0 Å². The average molecular weight is 397 g/mol. The fourth-order valence-corrected chi connectivity index (χ4v) is 4.18. The number of rotatable bonds is 13. The van der Waals surface area contributed by atoms with Gasteiger partial charge in [-0.05, 0) is 46.5 Å². The number of nitrogens with one attached hydrogen (secondary N) is 1. The molecule has 1 heterocycles. The van der Waals surface area contributed by atoms with Crippen molar-refractivity contribution in [2.24, 2.45) is 0 Å². The highest BCUT2D eigenvalue weighted by atomic mass is 16.6. The summed E-state index contributed by atoms with van der Waals surface area (Å²) < 4.78 is 5.41. The third kappa shape index (κ3) is 11.9. The monoisotopic (exact) mass is 396 g/mol. The van der Waals surface area contributed by atoms with Crippen LogP contribution in [-0.4, -0.2) is 41.8 Å². The lowest BCUT2D eigenvalue weighted by Crippen LogP contribution is -2.48. The SMILES string of the molecule is CCCCCCCC(CCCCCC)N1CCC(NC(=O)OC(C)(C)C)CC1. The first kappa shape index (κ1) is 25.3. The molecule has 0 aliphatic carbocycles. The number of carbonyl (C=O) groups is 1. The quantitative estimate of drug-likeness (QED) is 0.353. The van der Waals surface area contributed by atoms with Crippen LogP contribution in [0.2, 0.25) is 0 Å². The van der Waals surface area contributed by atoms with Crippen molar-refractivity contribution < 1.29 is 9.53 Å². The van der Waals surface area contributed by atoms with Gasteiger partial charge >= 0.3 is 6.09 Å². The Labute approximate surface area is 175 Å². The first-order chi connectivity index (χ1) is 13.4. The van der Waals surface area contributed by atoms with Crippen molar-refractivity contribution in [3.8, 4) is 0 Å². The van der Waals surface area contributed by atoms with Crippen molar-refractivity contribution in [1.29, 1.82) is 0 Å². The summed E-state index contributed by atoms with van der Waals surface area (Å²) in [5.74, 6) is 0. The number of ether oxygens (including phenoxy) is 1. The largest absolute Gasteiger partial charge is 0.444 e. The molecule has 28 heavy (non-hydrogen) atoms. The molecular weight excluding hydrogens is 348 g/mol. The predicted molar refractivity (Wildman–Crippen MR) is 120 cm³/mol. The van der Waals surface area contributed by atoms with E-state index in [0.717, 1.165) is 32.0 Å². The zero-order chi connectivity index (χ0) is 20.8. The maximum Gasteiger partial charge on any atom is 0.407 e.